The quantitative estimate of drug-likeness (QED) is 0.687. The van der Waals surface area contributed by atoms with Crippen LogP contribution < -0.4 is 5.32 Å². The Morgan fingerprint density at radius 3 is 2.83 bits per heavy atom. The first kappa shape index (κ1) is 15.1. The second-order valence-electron chi connectivity index (χ2n) is 4.98. The van der Waals surface area contributed by atoms with Gasteiger partial charge in [0.05, 0.1) is 12.1 Å². The molecule has 0 heterocycles. The molecule has 1 saturated carbocycles. The number of hydrogen-bond donors (Lipinski definition) is 2. The van der Waals surface area contributed by atoms with E-state index in [0.717, 1.165) is 25.8 Å². The number of aliphatic hydroxyl groups is 1. The number of amides is 1. The van der Waals surface area contributed by atoms with Gasteiger partial charge in [0, 0.05) is 19.7 Å². The third-order valence-corrected chi connectivity index (χ3v) is 3.17. The Labute approximate surface area is 109 Å². The molecule has 1 fully saturated rings. The van der Waals surface area contributed by atoms with E-state index in [0.29, 0.717) is 0 Å². The number of ether oxygens (including phenoxy) is 1. The topological polar surface area (TPSA) is 61.8 Å². The Bertz CT molecular complexity index is 292. The van der Waals surface area contributed by atoms with Crippen LogP contribution in [0.2, 0.25) is 0 Å². The van der Waals surface area contributed by atoms with E-state index >= 15 is 0 Å². The minimum Gasteiger partial charge on any atom is -0.388 e. The number of nitrogens with zero attached hydrogens (tertiary/aromatic N) is 1. The van der Waals surface area contributed by atoms with Gasteiger partial charge >= 0.3 is 0 Å². The van der Waals surface area contributed by atoms with Gasteiger partial charge in [-0.25, -0.2) is 0 Å². The zero-order chi connectivity index (χ0) is 13.5. The number of methoxy groups -OCH3 is 1. The van der Waals surface area contributed by atoms with Crippen molar-refractivity contribution in [2.75, 3.05) is 27.7 Å². The first-order valence-electron chi connectivity index (χ1n) is 6.37. The number of nitrogens with one attached hydrogen (secondary N) is 1. The number of aliphatic hydroxyl groups excluding tert-OH is 1. The minimum absolute atomic E-state index is 0.155. The fraction of sp³-hybridized carbons (Fsp3) is 0.769. The van der Waals surface area contributed by atoms with Gasteiger partial charge in [0.25, 0.3) is 0 Å². The summed E-state index contributed by atoms with van der Waals surface area (Å²) in [6, 6.07) is -0.208. The van der Waals surface area contributed by atoms with Gasteiger partial charge in [-0.1, -0.05) is 6.08 Å². The van der Waals surface area contributed by atoms with Crippen molar-refractivity contribution in [3.8, 4) is 0 Å². The van der Waals surface area contributed by atoms with Gasteiger partial charge in [-0.3, -0.25) is 4.79 Å². The van der Waals surface area contributed by atoms with Crippen molar-refractivity contribution in [2.24, 2.45) is 0 Å². The molecule has 0 aromatic heterocycles. The van der Waals surface area contributed by atoms with Crippen molar-refractivity contribution in [1.29, 1.82) is 0 Å². The second kappa shape index (κ2) is 7.51. The van der Waals surface area contributed by atoms with Crippen LogP contribution in [0.3, 0.4) is 0 Å². The van der Waals surface area contributed by atoms with Crippen LogP contribution in [0, 0.1) is 0 Å². The van der Waals surface area contributed by atoms with Crippen molar-refractivity contribution in [3.63, 3.8) is 0 Å². The molecule has 1 aliphatic rings. The third-order valence-electron chi connectivity index (χ3n) is 3.17. The molecule has 0 saturated heterocycles. The summed E-state index contributed by atoms with van der Waals surface area (Å²) in [4.78, 5) is 13.6. The highest BCUT2D eigenvalue weighted by Crippen LogP contribution is 2.21. The normalized spacial score (nSPS) is 28.8. The van der Waals surface area contributed by atoms with E-state index in [-0.39, 0.29) is 18.1 Å². The summed E-state index contributed by atoms with van der Waals surface area (Å²) in [5.41, 5.74) is 0. The summed E-state index contributed by atoms with van der Waals surface area (Å²) in [7, 11) is 5.47. The fourth-order valence-corrected chi connectivity index (χ4v) is 2.16. The predicted molar refractivity (Wildman–Crippen MR) is 70.3 cm³/mol. The monoisotopic (exact) mass is 256 g/mol. The van der Waals surface area contributed by atoms with Crippen molar-refractivity contribution in [2.45, 2.75) is 37.5 Å². The van der Waals surface area contributed by atoms with E-state index in [1.165, 1.54) is 6.08 Å². The van der Waals surface area contributed by atoms with E-state index in [1.807, 2.05) is 19.0 Å². The van der Waals surface area contributed by atoms with Gasteiger partial charge in [0.1, 0.15) is 6.10 Å². The maximum absolute atomic E-state index is 11.7. The van der Waals surface area contributed by atoms with Crippen LogP contribution in [0.25, 0.3) is 0 Å². The molecule has 2 N–H and O–H groups in total. The van der Waals surface area contributed by atoms with Crippen molar-refractivity contribution < 1.29 is 14.6 Å². The lowest BCUT2D eigenvalue weighted by atomic mass is 9.90. The molecule has 0 radical (unpaired) electrons. The van der Waals surface area contributed by atoms with Gasteiger partial charge in [0.15, 0.2) is 0 Å². The van der Waals surface area contributed by atoms with Crippen LogP contribution in [0.4, 0.5) is 0 Å². The first-order valence-corrected chi connectivity index (χ1v) is 6.37. The number of carbonyl (C=O) groups is 1. The Morgan fingerprint density at radius 1 is 1.50 bits per heavy atom. The van der Waals surface area contributed by atoms with Gasteiger partial charge in [0.2, 0.25) is 5.91 Å². The SMILES string of the molecule is CO[C@@H]1CCC[C@@H](NC(=O)/C=C/CN(C)C)[C@H]1O. The Kier molecular flexibility index (Phi) is 6.32. The van der Waals surface area contributed by atoms with Gasteiger partial charge in [-0.15, -0.1) is 0 Å². The van der Waals surface area contributed by atoms with Gasteiger partial charge in [-0.05, 0) is 33.4 Å². The Hall–Kier alpha value is -0.910. The van der Waals surface area contributed by atoms with Crippen LogP contribution in [0.5, 0.6) is 0 Å². The first-order chi connectivity index (χ1) is 8.54. The highest BCUT2D eigenvalue weighted by Gasteiger charge is 2.32. The second-order valence-corrected chi connectivity index (χ2v) is 4.98. The molecular weight excluding hydrogens is 232 g/mol. The predicted octanol–water partition coefficient (Wildman–Crippen LogP) is 0.149. The van der Waals surface area contributed by atoms with E-state index in [4.69, 9.17) is 4.74 Å². The molecule has 5 nitrogen and oxygen atoms in total. The molecule has 0 spiro atoms. The minimum atomic E-state index is -0.616. The van der Waals surface area contributed by atoms with Crippen molar-refractivity contribution >= 4 is 5.91 Å². The van der Waals surface area contributed by atoms with Crippen LogP contribution >= 0.6 is 0 Å². The number of carbonyl (C=O) groups excluding carboxylic acids is 1. The number of rotatable bonds is 5. The van der Waals surface area contributed by atoms with Crippen molar-refractivity contribution in [1.82, 2.24) is 10.2 Å². The summed E-state index contributed by atoms with van der Waals surface area (Å²) >= 11 is 0. The lowest BCUT2D eigenvalue weighted by molar-refractivity contribution is -0.120. The summed E-state index contributed by atoms with van der Waals surface area (Å²) in [5.74, 6) is -0.155. The standard InChI is InChI=1S/C13H24N2O3/c1-15(2)9-5-8-12(16)14-10-6-4-7-11(18-3)13(10)17/h5,8,10-11,13,17H,4,6-7,9H2,1-3H3,(H,14,16)/b8-5+/t10-,11-,13-/m1/s1. The summed E-state index contributed by atoms with van der Waals surface area (Å²) in [6.07, 6.45) is 5.14. The molecule has 0 bridgehead atoms. The highest BCUT2D eigenvalue weighted by molar-refractivity contribution is 5.87. The molecule has 0 aromatic carbocycles. The molecule has 104 valence electrons. The molecule has 3 atom stereocenters. The summed E-state index contributed by atoms with van der Waals surface area (Å²) < 4.78 is 5.20. The van der Waals surface area contributed by atoms with Gasteiger partial charge < -0.3 is 20.1 Å². The smallest absolute Gasteiger partial charge is 0.244 e. The Morgan fingerprint density at radius 2 is 2.22 bits per heavy atom. The molecule has 1 aliphatic carbocycles. The number of likely N-dealkylation sites (N-methyl/N-ethyl adjacent to an activating group) is 1. The third kappa shape index (κ3) is 4.76. The van der Waals surface area contributed by atoms with Crippen LogP contribution in [0.15, 0.2) is 12.2 Å². The maximum atomic E-state index is 11.7. The van der Waals surface area contributed by atoms with Crippen LogP contribution in [-0.2, 0) is 9.53 Å². The zero-order valence-corrected chi connectivity index (χ0v) is 11.4. The molecule has 1 rings (SSSR count). The fourth-order valence-electron chi connectivity index (χ4n) is 2.16. The highest BCUT2D eigenvalue weighted by atomic mass is 16.5. The molecule has 5 heteroatoms. The molecule has 0 unspecified atom stereocenters. The van der Waals surface area contributed by atoms with Crippen LogP contribution in [-0.4, -0.2) is 61.9 Å². The Balaban J connectivity index is 2.41. The lowest BCUT2D eigenvalue weighted by Gasteiger charge is -2.34. The summed E-state index contributed by atoms with van der Waals surface area (Å²) in [6.45, 7) is 0.724. The van der Waals surface area contributed by atoms with Gasteiger partial charge in [-0.2, -0.15) is 0 Å². The van der Waals surface area contributed by atoms with E-state index in [9.17, 15) is 9.90 Å². The largest absolute Gasteiger partial charge is 0.388 e. The number of hydrogen-bond acceptors (Lipinski definition) is 4. The molecular formula is C13H24N2O3. The van der Waals surface area contributed by atoms with E-state index in [1.54, 1.807) is 13.2 Å². The molecule has 18 heavy (non-hydrogen) atoms. The zero-order valence-electron chi connectivity index (χ0n) is 11.4. The molecule has 1 amide bonds. The lowest BCUT2D eigenvalue weighted by Crippen LogP contribution is -2.51. The van der Waals surface area contributed by atoms with Crippen molar-refractivity contribution in [3.05, 3.63) is 12.2 Å². The van der Waals surface area contributed by atoms with E-state index in [2.05, 4.69) is 5.32 Å². The summed E-state index contributed by atoms with van der Waals surface area (Å²) in [5, 5.41) is 12.9. The average molecular weight is 256 g/mol. The molecule has 0 aromatic rings. The van der Waals surface area contributed by atoms with E-state index < -0.39 is 6.10 Å². The molecule has 0 aliphatic heterocycles. The maximum Gasteiger partial charge on any atom is 0.244 e. The van der Waals surface area contributed by atoms with Crippen LogP contribution in [0.1, 0.15) is 19.3 Å². The average Bonchev–Trinajstić information content (AvgIpc) is 2.31.